The Morgan fingerprint density at radius 3 is 2.31 bits per heavy atom. The predicted molar refractivity (Wildman–Crippen MR) is 66.9 cm³/mol. The van der Waals surface area contributed by atoms with Gasteiger partial charge in [0.15, 0.2) is 0 Å². The van der Waals surface area contributed by atoms with Gasteiger partial charge in [-0.05, 0) is 29.8 Å². The van der Waals surface area contributed by atoms with Gasteiger partial charge in [-0.25, -0.2) is 4.39 Å². The minimum absolute atomic E-state index is 0.0702. The van der Waals surface area contributed by atoms with Gasteiger partial charge in [-0.15, -0.1) is 0 Å². The fraction of sp³-hybridized carbons (Fsp3) is 0. The standard InChI is InChI=1S/C12H6Cl3F/c13-8-3-1-2-7(6-8)9-4-5-10(16)12(15)11(9)14/h1-6H. The van der Waals surface area contributed by atoms with Crippen LogP contribution in [0.15, 0.2) is 36.4 Å². The first-order valence-corrected chi connectivity index (χ1v) is 5.62. The number of hydrogen-bond donors (Lipinski definition) is 0. The monoisotopic (exact) mass is 274 g/mol. The van der Waals surface area contributed by atoms with Crippen molar-refractivity contribution in [1.82, 2.24) is 0 Å². The Bertz CT molecular complexity index is 538. The first kappa shape index (κ1) is 11.7. The molecule has 2 aromatic carbocycles. The van der Waals surface area contributed by atoms with Crippen molar-refractivity contribution in [2.24, 2.45) is 0 Å². The molecule has 16 heavy (non-hydrogen) atoms. The molecule has 0 aliphatic heterocycles. The number of benzene rings is 2. The molecule has 0 fully saturated rings. The molecule has 2 rings (SSSR count). The summed E-state index contributed by atoms with van der Waals surface area (Å²) in [5.41, 5.74) is 1.47. The molecule has 0 atom stereocenters. The maximum Gasteiger partial charge on any atom is 0.143 e. The summed E-state index contributed by atoms with van der Waals surface area (Å²) >= 11 is 17.6. The van der Waals surface area contributed by atoms with Gasteiger partial charge >= 0.3 is 0 Å². The lowest BCUT2D eigenvalue weighted by molar-refractivity contribution is 0.628. The van der Waals surface area contributed by atoms with E-state index >= 15 is 0 Å². The normalized spacial score (nSPS) is 10.5. The Kier molecular flexibility index (Phi) is 3.38. The second kappa shape index (κ2) is 4.62. The predicted octanol–water partition coefficient (Wildman–Crippen LogP) is 5.45. The molecule has 0 radical (unpaired) electrons. The number of halogens is 4. The van der Waals surface area contributed by atoms with E-state index in [1.165, 1.54) is 6.07 Å². The zero-order valence-corrected chi connectivity index (χ0v) is 10.2. The third-order valence-corrected chi connectivity index (χ3v) is 3.26. The van der Waals surface area contributed by atoms with Gasteiger partial charge in [0.05, 0.1) is 10.0 Å². The smallest absolute Gasteiger partial charge is 0.143 e. The van der Waals surface area contributed by atoms with Crippen LogP contribution in [0, 0.1) is 5.82 Å². The molecule has 0 heterocycles. The second-order valence-corrected chi connectivity index (χ2v) is 4.43. The van der Waals surface area contributed by atoms with Crippen molar-refractivity contribution in [3.05, 3.63) is 57.3 Å². The molecule has 0 nitrogen and oxygen atoms in total. The third kappa shape index (κ3) is 2.17. The molecular formula is C12H6Cl3F. The molecule has 0 saturated heterocycles. The quantitative estimate of drug-likeness (QED) is 0.607. The average Bonchev–Trinajstić information content (AvgIpc) is 2.26. The van der Waals surface area contributed by atoms with Crippen LogP contribution in [-0.4, -0.2) is 0 Å². The van der Waals surface area contributed by atoms with Gasteiger partial charge in [-0.3, -0.25) is 0 Å². The van der Waals surface area contributed by atoms with E-state index in [1.807, 2.05) is 6.07 Å². The molecule has 0 aliphatic rings. The van der Waals surface area contributed by atoms with E-state index in [4.69, 9.17) is 34.8 Å². The minimum Gasteiger partial charge on any atom is -0.205 e. The van der Waals surface area contributed by atoms with Crippen LogP contribution in [-0.2, 0) is 0 Å². The first-order valence-electron chi connectivity index (χ1n) is 4.49. The third-order valence-electron chi connectivity index (χ3n) is 2.17. The topological polar surface area (TPSA) is 0 Å². The SMILES string of the molecule is Fc1ccc(-c2cccc(Cl)c2)c(Cl)c1Cl. The van der Waals surface area contributed by atoms with Crippen LogP contribution in [0.25, 0.3) is 11.1 Å². The highest BCUT2D eigenvalue weighted by molar-refractivity contribution is 6.43. The molecule has 0 bridgehead atoms. The Labute approximate surface area is 108 Å². The lowest BCUT2D eigenvalue weighted by Gasteiger charge is -2.07. The molecule has 82 valence electrons. The van der Waals surface area contributed by atoms with Crippen LogP contribution in [0.4, 0.5) is 4.39 Å². The molecule has 2 aromatic rings. The highest BCUT2D eigenvalue weighted by atomic mass is 35.5. The maximum absolute atomic E-state index is 13.1. The van der Waals surface area contributed by atoms with Crippen molar-refractivity contribution >= 4 is 34.8 Å². The molecule has 4 heteroatoms. The summed E-state index contributed by atoms with van der Waals surface area (Å²) in [6, 6.07) is 9.99. The molecule has 0 N–H and O–H groups in total. The lowest BCUT2D eigenvalue weighted by Crippen LogP contribution is -1.84. The Morgan fingerprint density at radius 1 is 0.875 bits per heavy atom. The highest BCUT2D eigenvalue weighted by Gasteiger charge is 2.11. The van der Waals surface area contributed by atoms with Crippen molar-refractivity contribution in [2.75, 3.05) is 0 Å². The molecule has 0 saturated carbocycles. The Hall–Kier alpha value is -0.760. The van der Waals surface area contributed by atoms with Crippen molar-refractivity contribution in [1.29, 1.82) is 0 Å². The zero-order valence-electron chi connectivity index (χ0n) is 7.98. The van der Waals surface area contributed by atoms with E-state index in [2.05, 4.69) is 0 Å². The summed E-state index contributed by atoms with van der Waals surface area (Å²) in [6.45, 7) is 0. The van der Waals surface area contributed by atoms with Crippen LogP contribution in [0.1, 0.15) is 0 Å². The van der Waals surface area contributed by atoms with Crippen LogP contribution in [0.5, 0.6) is 0 Å². The largest absolute Gasteiger partial charge is 0.205 e. The fourth-order valence-corrected chi connectivity index (χ4v) is 2.02. The van der Waals surface area contributed by atoms with Crippen molar-refractivity contribution in [3.63, 3.8) is 0 Å². The highest BCUT2D eigenvalue weighted by Crippen LogP contribution is 2.35. The van der Waals surface area contributed by atoms with Crippen LogP contribution < -0.4 is 0 Å². The second-order valence-electron chi connectivity index (χ2n) is 3.23. The molecule has 0 spiro atoms. The summed E-state index contributed by atoms with van der Waals surface area (Å²) in [4.78, 5) is 0. The van der Waals surface area contributed by atoms with Crippen LogP contribution in [0.3, 0.4) is 0 Å². The minimum atomic E-state index is -0.530. The van der Waals surface area contributed by atoms with E-state index in [9.17, 15) is 4.39 Å². The molecule has 0 unspecified atom stereocenters. The van der Waals surface area contributed by atoms with E-state index in [0.717, 1.165) is 5.56 Å². The van der Waals surface area contributed by atoms with Crippen molar-refractivity contribution in [2.45, 2.75) is 0 Å². The molecule has 0 aromatic heterocycles. The zero-order chi connectivity index (χ0) is 11.7. The van der Waals surface area contributed by atoms with Crippen LogP contribution >= 0.6 is 34.8 Å². The van der Waals surface area contributed by atoms with Crippen molar-refractivity contribution in [3.8, 4) is 11.1 Å². The molecule has 0 aliphatic carbocycles. The Balaban J connectivity index is 2.61. The number of hydrogen-bond acceptors (Lipinski definition) is 0. The summed E-state index contributed by atoms with van der Waals surface area (Å²) in [6.07, 6.45) is 0. The average molecular weight is 276 g/mol. The van der Waals surface area contributed by atoms with Crippen LogP contribution in [0.2, 0.25) is 15.1 Å². The van der Waals surface area contributed by atoms with E-state index in [0.29, 0.717) is 10.6 Å². The van der Waals surface area contributed by atoms with Gasteiger partial charge < -0.3 is 0 Å². The lowest BCUT2D eigenvalue weighted by atomic mass is 10.1. The van der Waals surface area contributed by atoms with Crippen molar-refractivity contribution < 1.29 is 4.39 Å². The Morgan fingerprint density at radius 2 is 1.62 bits per heavy atom. The molecule has 0 amide bonds. The fourth-order valence-electron chi connectivity index (χ4n) is 1.40. The van der Waals surface area contributed by atoms with Gasteiger partial charge in [0.1, 0.15) is 5.82 Å². The van der Waals surface area contributed by atoms with Gasteiger partial charge in [-0.2, -0.15) is 0 Å². The van der Waals surface area contributed by atoms with E-state index in [-0.39, 0.29) is 10.0 Å². The summed E-state index contributed by atoms with van der Waals surface area (Å²) in [5.74, 6) is -0.530. The number of rotatable bonds is 1. The van der Waals surface area contributed by atoms with Gasteiger partial charge in [0, 0.05) is 10.6 Å². The van der Waals surface area contributed by atoms with Gasteiger partial charge in [-0.1, -0.05) is 46.9 Å². The first-order chi connectivity index (χ1) is 7.59. The van der Waals surface area contributed by atoms with Gasteiger partial charge in [0.25, 0.3) is 0 Å². The van der Waals surface area contributed by atoms with Gasteiger partial charge in [0.2, 0.25) is 0 Å². The van der Waals surface area contributed by atoms with E-state index < -0.39 is 5.82 Å². The summed E-state index contributed by atoms with van der Waals surface area (Å²) in [5, 5.41) is 0.720. The maximum atomic E-state index is 13.1. The summed E-state index contributed by atoms with van der Waals surface area (Å²) < 4.78 is 13.1. The molecular weight excluding hydrogens is 269 g/mol. The summed E-state index contributed by atoms with van der Waals surface area (Å²) in [7, 11) is 0. The van der Waals surface area contributed by atoms with E-state index in [1.54, 1.807) is 24.3 Å².